The minimum atomic E-state index is -2.21. The molecule has 2 heterocycles. The number of Topliss-reactive ketones (excluding diaryl/α,β-unsaturated/α-hetero) is 1. The van der Waals surface area contributed by atoms with Crippen molar-refractivity contribution in [3.63, 3.8) is 0 Å². The first kappa shape index (κ1) is 16.9. The van der Waals surface area contributed by atoms with E-state index in [0.29, 0.717) is 5.02 Å². The highest BCUT2D eigenvalue weighted by atomic mass is 35.5. The van der Waals surface area contributed by atoms with E-state index in [1.165, 1.54) is 24.3 Å². The number of urea groups is 1. The number of rotatable bonds is 3. The van der Waals surface area contributed by atoms with E-state index >= 15 is 0 Å². The van der Waals surface area contributed by atoms with E-state index in [2.05, 4.69) is 5.32 Å². The van der Waals surface area contributed by atoms with Crippen LogP contribution in [-0.2, 0) is 14.4 Å². The minimum absolute atomic E-state index is 0.125. The number of nitrogens with zero attached hydrogens (tertiary/aromatic N) is 1. The number of amides is 4. The molecule has 4 amide bonds. The molecule has 1 spiro atoms. The maximum Gasteiger partial charge on any atom is 0.324 e. The second-order valence-corrected chi connectivity index (χ2v) is 5.80. The van der Waals surface area contributed by atoms with Gasteiger partial charge < -0.3 is 15.5 Å². The number of aliphatic hydroxyl groups is 2. The van der Waals surface area contributed by atoms with Crippen molar-refractivity contribution >= 4 is 41.0 Å². The fourth-order valence-electron chi connectivity index (χ4n) is 2.89. The Hall–Kier alpha value is -2.91. The fourth-order valence-corrected chi connectivity index (χ4v) is 3.02. The summed E-state index contributed by atoms with van der Waals surface area (Å²) in [5, 5.41) is 24.2. The molecule has 2 saturated heterocycles. The number of ketones is 1. The summed E-state index contributed by atoms with van der Waals surface area (Å²) < 4.78 is 0. The van der Waals surface area contributed by atoms with Crippen LogP contribution in [-0.4, -0.2) is 57.6 Å². The maximum atomic E-state index is 12.4. The van der Waals surface area contributed by atoms with Crippen molar-refractivity contribution in [1.29, 1.82) is 0 Å². The molecule has 25 heavy (non-hydrogen) atoms. The number of carbonyl (C=O) groups is 4. The third kappa shape index (κ3) is 2.36. The number of carbonyl (C=O) groups excluding carboxylic acids is 4. The van der Waals surface area contributed by atoms with Crippen LogP contribution in [0, 0.1) is 0 Å². The summed E-state index contributed by atoms with van der Waals surface area (Å²) in [7, 11) is 0. The number of imide groups is 1. The molecule has 1 unspecified atom stereocenters. The van der Waals surface area contributed by atoms with Gasteiger partial charge in [0.05, 0.1) is 6.61 Å². The second-order valence-electron chi connectivity index (χ2n) is 5.36. The molecule has 0 aliphatic carbocycles. The summed E-state index contributed by atoms with van der Waals surface area (Å²) in [5.41, 5.74) is -2.67. The molecule has 0 saturated carbocycles. The van der Waals surface area contributed by atoms with Crippen molar-refractivity contribution in [2.75, 3.05) is 13.2 Å². The van der Waals surface area contributed by atoms with Crippen molar-refractivity contribution in [1.82, 2.24) is 15.5 Å². The monoisotopic (exact) mass is 365 g/mol. The van der Waals surface area contributed by atoms with Crippen LogP contribution in [0.5, 0.6) is 0 Å². The lowest BCUT2D eigenvalue weighted by Crippen LogP contribution is -2.59. The molecule has 130 valence electrons. The van der Waals surface area contributed by atoms with Gasteiger partial charge in [-0.3, -0.25) is 24.6 Å². The summed E-state index contributed by atoms with van der Waals surface area (Å²) in [6.45, 7) is -0.950. The zero-order chi connectivity index (χ0) is 18.4. The topological polar surface area (TPSA) is 136 Å². The highest BCUT2D eigenvalue weighted by Gasteiger charge is 2.65. The number of hydrogen-bond donors (Lipinski definition) is 4. The molecule has 2 aliphatic rings. The average molecular weight is 366 g/mol. The average Bonchev–Trinajstić information content (AvgIpc) is 2.97. The standard InChI is InChI=1S/C15H12ClN3O6/c16-8-3-1-7(2-4-8)10(21)9-11(22)12(23)19(5-6-20)15(9)13(24)17-14(25)18-15/h1-4,20-21H,5-6H2,(H2,17,18,24,25)/b10-9-. The number of halogens is 1. The summed E-state index contributed by atoms with van der Waals surface area (Å²) >= 11 is 5.78. The highest BCUT2D eigenvalue weighted by molar-refractivity contribution is 6.49. The smallest absolute Gasteiger partial charge is 0.324 e. The number of benzene rings is 1. The minimum Gasteiger partial charge on any atom is -0.507 e. The number of nitrogens with one attached hydrogen (secondary N) is 2. The summed E-state index contributed by atoms with van der Waals surface area (Å²) in [6.07, 6.45) is 0. The van der Waals surface area contributed by atoms with E-state index in [-0.39, 0.29) is 5.56 Å². The fraction of sp³-hybridized carbons (Fsp3) is 0.200. The van der Waals surface area contributed by atoms with Gasteiger partial charge in [-0.1, -0.05) is 11.6 Å². The largest absolute Gasteiger partial charge is 0.507 e. The quantitative estimate of drug-likeness (QED) is 0.248. The number of β-amino-alcohol motifs (C(OH)–C–C–N with tert-alkyl or cyclic N) is 1. The number of hydrogen-bond acceptors (Lipinski definition) is 6. The second kappa shape index (κ2) is 5.87. The van der Waals surface area contributed by atoms with Gasteiger partial charge in [-0.25, -0.2) is 4.79 Å². The summed E-state index contributed by atoms with van der Waals surface area (Å²) in [5.74, 6) is -3.92. The van der Waals surface area contributed by atoms with Crippen LogP contribution < -0.4 is 10.6 Å². The van der Waals surface area contributed by atoms with Crippen LogP contribution in [0.25, 0.3) is 5.76 Å². The molecule has 3 rings (SSSR count). The van der Waals surface area contributed by atoms with Gasteiger partial charge in [-0.05, 0) is 24.3 Å². The van der Waals surface area contributed by atoms with Gasteiger partial charge in [-0.2, -0.15) is 0 Å². The van der Waals surface area contributed by atoms with E-state index in [4.69, 9.17) is 16.7 Å². The van der Waals surface area contributed by atoms with Crippen LogP contribution in [0.2, 0.25) is 5.02 Å². The molecular weight excluding hydrogens is 354 g/mol. The molecule has 0 aromatic heterocycles. The zero-order valence-electron chi connectivity index (χ0n) is 12.6. The zero-order valence-corrected chi connectivity index (χ0v) is 13.3. The first-order valence-electron chi connectivity index (χ1n) is 7.13. The maximum absolute atomic E-state index is 12.4. The lowest BCUT2D eigenvalue weighted by atomic mass is 9.95. The van der Waals surface area contributed by atoms with Gasteiger partial charge in [-0.15, -0.1) is 0 Å². The Balaban J connectivity index is 2.25. The van der Waals surface area contributed by atoms with Crippen LogP contribution in [0.3, 0.4) is 0 Å². The van der Waals surface area contributed by atoms with Crippen LogP contribution in [0.15, 0.2) is 29.8 Å². The molecule has 0 radical (unpaired) electrons. The molecule has 10 heteroatoms. The number of aliphatic hydroxyl groups excluding tert-OH is 2. The third-order valence-electron chi connectivity index (χ3n) is 3.96. The molecule has 1 aromatic carbocycles. The van der Waals surface area contributed by atoms with E-state index in [0.717, 1.165) is 4.90 Å². The first-order valence-corrected chi connectivity index (χ1v) is 7.51. The Kier molecular flexibility index (Phi) is 3.97. The van der Waals surface area contributed by atoms with E-state index < -0.39 is 53.8 Å². The molecule has 9 nitrogen and oxygen atoms in total. The Morgan fingerprint density at radius 1 is 1.16 bits per heavy atom. The lowest BCUT2D eigenvalue weighted by molar-refractivity contribution is -0.144. The van der Waals surface area contributed by atoms with Crippen molar-refractivity contribution in [2.24, 2.45) is 0 Å². The Morgan fingerprint density at radius 2 is 1.80 bits per heavy atom. The first-order chi connectivity index (χ1) is 11.8. The highest BCUT2D eigenvalue weighted by Crippen LogP contribution is 2.37. The van der Waals surface area contributed by atoms with Gasteiger partial charge in [0.1, 0.15) is 11.3 Å². The van der Waals surface area contributed by atoms with Crippen LogP contribution in [0.1, 0.15) is 5.56 Å². The molecule has 4 N–H and O–H groups in total. The van der Waals surface area contributed by atoms with E-state index in [1.54, 1.807) is 0 Å². The van der Waals surface area contributed by atoms with Crippen LogP contribution >= 0.6 is 11.6 Å². The van der Waals surface area contributed by atoms with Gasteiger partial charge in [0.15, 0.2) is 0 Å². The molecular formula is C15H12ClN3O6. The van der Waals surface area contributed by atoms with Crippen molar-refractivity contribution in [3.8, 4) is 0 Å². The molecule has 2 aliphatic heterocycles. The van der Waals surface area contributed by atoms with Crippen molar-refractivity contribution < 1.29 is 29.4 Å². The molecule has 0 bridgehead atoms. The Labute approximate surface area is 145 Å². The molecule has 1 atom stereocenters. The normalized spacial score (nSPS) is 24.8. The molecule has 1 aromatic rings. The van der Waals surface area contributed by atoms with E-state index in [1.807, 2.05) is 5.32 Å². The SMILES string of the molecule is O=C1NC(=O)C2(N1)/C(=C(\O)c1ccc(Cl)cc1)C(=O)C(=O)N2CCO. The van der Waals surface area contributed by atoms with Gasteiger partial charge in [0.25, 0.3) is 17.6 Å². The van der Waals surface area contributed by atoms with Crippen LogP contribution in [0.4, 0.5) is 4.79 Å². The Bertz CT molecular complexity index is 834. The van der Waals surface area contributed by atoms with Gasteiger partial charge >= 0.3 is 6.03 Å². The molecule has 2 fully saturated rings. The summed E-state index contributed by atoms with van der Waals surface area (Å²) in [6, 6.07) is 4.73. The van der Waals surface area contributed by atoms with Crippen molar-refractivity contribution in [2.45, 2.75) is 5.66 Å². The lowest BCUT2D eigenvalue weighted by Gasteiger charge is -2.31. The van der Waals surface area contributed by atoms with Crippen molar-refractivity contribution in [3.05, 3.63) is 40.4 Å². The predicted molar refractivity (Wildman–Crippen MR) is 84.2 cm³/mol. The third-order valence-corrected chi connectivity index (χ3v) is 4.21. The van der Waals surface area contributed by atoms with Gasteiger partial charge in [0.2, 0.25) is 5.66 Å². The number of likely N-dealkylation sites (tertiary alicyclic amines) is 1. The predicted octanol–water partition coefficient (Wildman–Crippen LogP) is -0.452. The summed E-state index contributed by atoms with van der Waals surface area (Å²) in [4.78, 5) is 49.5. The van der Waals surface area contributed by atoms with Gasteiger partial charge in [0, 0.05) is 17.1 Å². The van der Waals surface area contributed by atoms with E-state index in [9.17, 15) is 24.3 Å². The Morgan fingerprint density at radius 3 is 2.32 bits per heavy atom.